The van der Waals surface area contributed by atoms with E-state index < -0.39 is 24.6 Å². The van der Waals surface area contributed by atoms with Crippen molar-refractivity contribution in [1.82, 2.24) is 4.90 Å². The molecule has 0 radical (unpaired) electrons. The van der Waals surface area contributed by atoms with Gasteiger partial charge in [-0.2, -0.15) is 5.11 Å². The molecule has 4 rings (SSSR count). The molecule has 1 amide bonds. The molecule has 3 aromatic carbocycles. The number of carboxylic acids is 1. The van der Waals surface area contributed by atoms with Gasteiger partial charge in [0.15, 0.2) is 0 Å². The zero-order chi connectivity index (χ0) is 22.8. The molecule has 10 heteroatoms. The molecule has 32 heavy (non-hydrogen) atoms. The van der Waals surface area contributed by atoms with Crippen molar-refractivity contribution in [1.29, 1.82) is 0 Å². The highest BCUT2D eigenvalue weighted by Crippen LogP contribution is 2.38. The molecule has 0 aromatic heterocycles. The Bertz CT molecular complexity index is 1250. The van der Waals surface area contributed by atoms with Crippen LogP contribution in [0.1, 0.15) is 22.1 Å². The highest BCUT2D eigenvalue weighted by molar-refractivity contribution is 6.36. The lowest BCUT2D eigenvalue weighted by Crippen LogP contribution is -2.45. The predicted octanol–water partition coefficient (Wildman–Crippen LogP) is 5.77. The Kier molecular flexibility index (Phi) is 5.98. The number of para-hydroxylation sites is 1. The zero-order valence-corrected chi connectivity index (χ0v) is 17.9. The molecule has 3 N–H and O–H groups in total. The van der Waals surface area contributed by atoms with Crippen molar-refractivity contribution in [3.8, 4) is 5.75 Å². The van der Waals surface area contributed by atoms with Crippen LogP contribution >= 0.6 is 23.2 Å². The number of nitrogens with zero attached hydrogens (tertiary/aromatic N) is 3. The maximum absolute atomic E-state index is 13.0. The Morgan fingerprint density at radius 2 is 1.84 bits per heavy atom. The third kappa shape index (κ3) is 4.37. The van der Waals surface area contributed by atoms with E-state index in [1.54, 1.807) is 42.5 Å². The summed E-state index contributed by atoms with van der Waals surface area (Å²) in [5, 5.41) is 32.0. The van der Waals surface area contributed by atoms with Crippen LogP contribution in [0.5, 0.6) is 5.75 Å². The number of anilines is 1. The second-order valence-corrected chi connectivity index (χ2v) is 7.80. The lowest BCUT2D eigenvalue weighted by atomic mass is 10.0. The Hall–Kier alpha value is -3.62. The van der Waals surface area contributed by atoms with Crippen LogP contribution in [0.15, 0.2) is 70.9 Å². The van der Waals surface area contributed by atoms with Crippen LogP contribution in [0.3, 0.4) is 0 Å². The topological polar surface area (TPSA) is 115 Å². The van der Waals surface area contributed by atoms with Crippen molar-refractivity contribution >= 4 is 52.1 Å². The maximum Gasteiger partial charge on any atom is 0.323 e. The standard InChI is InChI=1S/C22H16Cl2N4O4/c23-12-5-7-18(16(24)9-12)27-26-13-6-8-19(29)15(10-13)21-25-17-4-2-1-3-14(17)22(32)28(21)11-20(30)31/h1-10,21,25,29H,11H2,(H,30,31). The monoisotopic (exact) mass is 470 g/mol. The second-order valence-electron chi connectivity index (χ2n) is 6.96. The molecular formula is C22H16Cl2N4O4. The third-order valence-corrected chi connectivity index (χ3v) is 5.35. The molecular weight excluding hydrogens is 455 g/mol. The molecule has 162 valence electrons. The number of hydrogen-bond donors (Lipinski definition) is 3. The lowest BCUT2D eigenvalue weighted by Gasteiger charge is -2.37. The van der Waals surface area contributed by atoms with Crippen LogP contribution in [0, 0.1) is 0 Å². The molecule has 1 aliphatic rings. The van der Waals surface area contributed by atoms with Gasteiger partial charge in [-0.1, -0.05) is 35.3 Å². The molecule has 0 spiro atoms. The molecule has 0 saturated carbocycles. The van der Waals surface area contributed by atoms with E-state index in [1.807, 2.05) is 0 Å². The average Bonchev–Trinajstić information content (AvgIpc) is 2.76. The van der Waals surface area contributed by atoms with Gasteiger partial charge in [-0.3, -0.25) is 9.59 Å². The van der Waals surface area contributed by atoms with Crippen LogP contribution in [0.4, 0.5) is 17.1 Å². The smallest absolute Gasteiger partial charge is 0.323 e. The number of aliphatic carboxylic acids is 1. The summed E-state index contributed by atoms with van der Waals surface area (Å²) in [5.74, 6) is -1.78. The zero-order valence-electron chi connectivity index (χ0n) is 16.4. The van der Waals surface area contributed by atoms with E-state index in [-0.39, 0.29) is 11.3 Å². The Labute approximate surface area is 192 Å². The summed E-state index contributed by atoms with van der Waals surface area (Å²) in [5.41, 5.74) is 1.92. The summed E-state index contributed by atoms with van der Waals surface area (Å²) in [6.45, 7) is -0.559. The van der Waals surface area contributed by atoms with Gasteiger partial charge in [-0.25, -0.2) is 0 Å². The number of carbonyl (C=O) groups excluding carboxylic acids is 1. The summed E-state index contributed by atoms with van der Waals surface area (Å²) >= 11 is 12.0. The highest BCUT2D eigenvalue weighted by Gasteiger charge is 2.35. The van der Waals surface area contributed by atoms with Crippen molar-refractivity contribution in [3.05, 3.63) is 81.8 Å². The first-order valence-corrected chi connectivity index (χ1v) is 10.2. The highest BCUT2D eigenvalue weighted by atomic mass is 35.5. The van der Waals surface area contributed by atoms with Gasteiger partial charge in [-0.05, 0) is 48.5 Å². The Morgan fingerprint density at radius 3 is 2.59 bits per heavy atom. The molecule has 0 aliphatic carbocycles. The first-order chi connectivity index (χ1) is 15.3. The molecule has 1 unspecified atom stereocenters. The van der Waals surface area contributed by atoms with E-state index in [9.17, 15) is 19.8 Å². The largest absolute Gasteiger partial charge is 0.508 e. The molecule has 1 heterocycles. The van der Waals surface area contributed by atoms with Crippen LogP contribution in [-0.2, 0) is 4.79 Å². The van der Waals surface area contributed by atoms with Gasteiger partial charge < -0.3 is 20.4 Å². The van der Waals surface area contributed by atoms with Gasteiger partial charge in [0.2, 0.25) is 0 Å². The normalized spacial score (nSPS) is 15.5. The van der Waals surface area contributed by atoms with Gasteiger partial charge in [0.05, 0.1) is 16.3 Å². The number of phenols is 1. The third-order valence-electron chi connectivity index (χ3n) is 4.82. The van der Waals surface area contributed by atoms with Crippen LogP contribution in [0.2, 0.25) is 10.0 Å². The number of hydrogen-bond acceptors (Lipinski definition) is 6. The van der Waals surface area contributed by atoms with Crippen molar-refractivity contribution in [2.75, 3.05) is 11.9 Å². The number of carbonyl (C=O) groups is 2. The molecule has 8 nitrogen and oxygen atoms in total. The van der Waals surface area contributed by atoms with Crippen molar-refractivity contribution in [2.24, 2.45) is 10.2 Å². The maximum atomic E-state index is 13.0. The number of halogens is 2. The fraction of sp³-hybridized carbons (Fsp3) is 0.0909. The summed E-state index contributed by atoms with van der Waals surface area (Å²) in [6.07, 6.45) is -0.928. The molecule has 1 aliphatic heterocycles. The van der Waals surface area contributed by atoms with Crippen molar-refractivity contribution in [2.45, 2.75) is 6.17 Å². The van der Waals surface area contributed by atoms with Gasteiger partial charge in [-0.15, -0.1) is 5.11 Å². The van der Waals surface area contributed by atoms with Gasteiger partial charge >= 0.3 is 5.97 Å². The van der Waals surface area contributed by atoms with Crippen molar-refractivity contribution in [3.63, 3.8) is 0 Å². The van der Waals surface area contributed by atoms with E-state index in [1.165, 1.54) is 18.2 Å². The number of amides is 1. The van der Waals surface area contributed by atoms with Gasteiger partial charge in [0, 0.05) is 16.3 Å². The van der Waals surface area contributed by atoms with Crippen molar-refractivity contribution < 1.29 is 19.8 Å². The summed E-state index contributed by atoms with van der Waals surface area (Å²) < 4.78 is 0. The summed E-state index contributed by atoms with van der Waals surface area (Å²) in [7, 11) is 0. The van der Waals surface area contributed by atoms with E-state index in [0.717, 1.165) is 4.90 Å². The minimum absolute atomic E-state index is 0.131. The minimum atomic E-state index is -1.18. The van der Waals surface area contributed by atoms with E-state index in [4.69, 9.17) is 23.2 Å². The number of rotatable bonds is 5. The second kappa shape index (κ2) is 8.86. The van der Waals surface area contributed by atoms with Crippen LogP contribution in [-0.4, -0.2) is 33.5 Å². The number of phenolic OH excluding ortho intramolecular Hbond substituents is 1. The van der Waals surface area contributed by atoms with E-state index >= 15 is 0 Å². The van der Waals surface area contributed by atoms with Gasteiger partial charge in [0.25, 0.3) is 5.91 Å². The first kappa shape index (κ1) is 21.6. The van der Waals surface area contributed by atoms with E-state index in [2.05, 4.69) is 15.5 Å². The number of nitrogens with one attached hydrogen (secondary N) is 1. The minimum Gasteiger partial charge on any atom is -0.508 e. The molecule has 0 bridgehead atoms. The van der Waals surface area contributed by atoms with Crippen LogP contribution < -0.4 is 5.32 Å². The molecule has 1 atom stereocenters. The molecule has 0 fully saturated rings. The van der Waals surface area contributed by atoms with Crippen LogP contribution in [0.25, 0.3) is 0 Å². The number of aromatic hydroxyl groups is 1. The number of benzene rings is 3. The Morgan fingerprint density at radius 1 is 1.06 bits per heavy atom. The SMILES string of the molecule is O=C(O)CN1C(=O)c2ccccc2NC1c1cc(N=Nc2ccc(Cl)cc2Cl)ccc1O. The quantitative estimate of drug-likeness (QED) is 0.409. The van der Waals surface area contributed by atoms with E-state index in [0.29, 0.717) is 32.7 Å². The van der Waals surface area contributed by atoms with Gasteiger partial charge in [0.1, 0.15) is 24.1 Å². The predicted molar refractivity (Wildman–Crippen MR) is 120 cm³/mol. The first-order valence-electron chi connectivity index (χ1n) is 9.41. The molecule has 3 aromatic rings. The number of azo groups is 1. The average molecular weight is 471 g/mol. The lowest BCUT2D eigenvalue weighted by molar-refractivity contribution is -0.138. The fourth-order valence-corrected chi connectivity index (χ4v) is 3.79. The molecule has 0 saturated heterocycles. The summed E-state index contributed by atoms with van der Waals surface area (Å²) in [6, 6.07) is 16.0. The Balaban J connectivity index is 1.72. The summed E-state index contributed by atoms with van der Waals surface area (Å²) in [4.78, 5) is 25.5. The number of fused-ring (bicyclic) bond motifs is 1. The fourth-order valence-electron chi connectivity index (χ4n) is 3.34. The number of carboxylic acid groups (broad SMARTS) is 1.